The van der Waals surface area contributed by atoms with Gasteiger partial charge in [0.1, 0.15) is 0 Å². The number of hydrogen-bond acceptors (Lipinski definition) is 3. The Bertz CT molecular complexity index is 75.8. The summed E-state index contributed by atoms with van der Waals surface area (Å²) in [7, 11) is 3.96. The van der Waals surface area contributed by atoms with Crippen LogP contribution in [-0.2, 0) is 0 Å². The molecule has 0 fully saturated rings. The Hall–Kier alpha value is -0.120. The van der Waals surface area contributed by atoms with Crippen molar-refractivity contribution in [1.29, 1.82) is 0 Å². The number of hydrogen-bond donors (Lipinski definition) is 3. The summed E-state index contributed by atoms with van der Waals surface area (Å²) in [5, 5.41) is 6.24. The van der Waals surface area contributed by atoms with Gasteiger partial charge < -0.3 is 16.4 Å². The molecule has 0 heterocycles. The van der Waals surface area contributed by atoms with Crippen molar-refractivity contribution in [2.24, 2.45) is 5.73 Å². The van der Waals surface area contributed by atoms with Crippen LogP contribution in [0.2, 0.25) is 0 Å². The fourth-order valence-electron chi connectivity index (χ4n) is 1.23. The van der Waals surface area contributed by atoms with Crippen LogP contribution in [0, 0.1) is 0 Å². The van der Waals surface area contributed by atoms with Crippen LogP contribution in [-0.4, -0.2) is 33.2 Å². The summed E-state index contributed by atoms with van der Waals surface area (Å²) in [6.07, 6.45) is 4.67. The molecule has 0 bridgehead atoms. The zero-order chi connectivity index (χ0) is 9.23. The molecule has 0 saturated carbocycles. The molecular formula is C9H23N3. The van der Waals surface area contributed by atoms with Crippen molar-refractivity contribution in [3.05, 3.63) is 0 Å². The van der Waals surface area contributed by atoms with Crippen LogP contribution < -0.4 is 16.4 Å². The van der Waals surface area contributed by atoms with E-state index in [1.54, 1.807) is 0 Å². The van der Waals surface area contributed by atoms with Crippen molar-refractivity contribution < 1.29 is 0 Å². The highest BCUT2D eigenvalue weighted by Gasteiger charge is 2.00. The Labute approximate surface area is 76.1 Å². The largest absolute Gasteiger partial charge is 0.328 e. The Morgan fingerprint density at radius 2 is 1.42 bits per heavy atom. The first-order chi connectivity index (χ1) is 5.81. The van der Waals surface area contributed by atoms with Gasteiger partial charge in [-0.3, -0.25) is 0 Å². The topological polar surface area (TPSA) is 50.1 Å². The van der Waals surface area contributed by atoms with Crippen LogP contribution in [0.3, 0.4) is 0 Å². The molecule has 0 radical (unpaired) electrons. The molecule has 0 atom stereocenters. The summed E-state index contributed by atoms with van der Waals surface area (Å²) in [5.41, 5.74) is 5.90. The maximum Gasteiger partial charge on any atom is 0.00397 e. The normalized spacial score (nSPS) is 11.0. The van der Waals surface area contributed by atoms with Gasteiger partial charge in [0.05, 0.1) is 0 Å². The zero-order valence-corrected chi connectivity index (χ0v) is 8.40. The van der Waals surface area contributed by atoms with Crippen molar-refractivity contribution in [2.75, 3.05) is 27.2 Å². The van der Waals surface area contributed by atoms with E-state index in [0.717, 1.165) is 25.9 Å². The molecule has 0 aromatic rings. The second-order valence-corrected chi connectivity index (χ2v) is 3.25. The second kappa shape index (κ2) is 8.97. The van der Waals surface area contributed by atoms with Crippen LogP contribution >= 0.6 is 0 Å². The van der Waals surface area contributed by atoms with Crippen LogP contribution in [0.25, 0.3) is 0 Å². The SMILES string of the molecule is CNCCCC(N)CCCNC. The number of nitrogens with two attached hydrogens (primary N) is 1. The molecule has 0 aliphatic heterocycles. The van der Waals surface area contributed by atoms with E-state index in [1.165, 1.54) is 12.8 Å². The third-order valence-electron chi connectivity index (χ3n) is 2.00. The number of nitrogens with one attached hydrogen (secondary N) is 2. The van der Waals surface area contributed by atoms with Gasteiger partial charge in [-0.25, -0.2) is 0 Å². The third-order valence-corrected chi connectivity index (χ3v) is 2.00. The van der Waals surface area contributed by atoms with Gasteiger partial charge in [-0.1, -0.05) is 0 Å². The first-order valence-corrected chi connectivity index (χ1v) is 4.86. The first-order valence-electron chi connectivity index (χ1n) is 4.86. The van der Waals surface area contributed by atoms with Crippen molar-refractivity contribution in [1.82, 2.24) is 10.6 Å². The molecule has 0 spiro atoms. The molecule has 0 rings (SSSR count). The lowest BCUT2D eigenvalue weighted by molar-refractivity contribution is 0.513. The summed E-state index contributed by atoms with van der Waals surface area (Å²) in [6, 6.07) is 0.395. The molecule has 0 aromatic carbocycles. The predicted octanol–water partition coefficient (Wildman–Crippen LogP) is 0.313. The Morgan fingerprint density at radius 3 is 1.75 bits per heavy atom. The molecule has 74 valence electrons. The average molecular weight is 173 g/mol. The summed E-state index contributed by atoms with van der Waals surface area (Å²) < 4.78 is 0. The van der Waals surface area contributed by atoms with E-state index < -0.39 is 0 Å². The van der Waals surface area contributed by atoms with Crippen LogP contribution in [0.5, 0.6) is 0 Å². The lowest BCUT2D eigenvalue weighted by Crippen LogP contribution is -2.23. The quantitative estimate of drug-likeness (QED) is 0.463. The average Bonchev–Trinajstić information content (AvgIpc) is 2.06. The molecule has 0 aromatic heterocycles. The minimum atomic E-state index is 0.395. The Balaban J connectivity index is 3.04. The Kier molecular flexibility index (Phi) is 8.88. The summed E-state index contributed by atoms with van der Waals surface area (Å²) in [6.45, 7) is 2.17. The molecule has 0 unspecified atom stereocenters. The minimum Gasteiger partial charge on any atom is -0.328 e. The van der Waals surface area contributed by atoms with Gasteiger partial charge in [0.2, 0.25) is 0 Å². The van der Waals surface area contributed by atoms with E-state index in [2.05, 4.69) is 10.6 Å². The van der Waals surface area contributed by atoms with E-state index in [4.69, 9.17) is 5.73 Å². The monoisotopic (exact) mass is 173 g/mol. The van der Waals surface area contributed by atoms with Gasteiger partial charge in [0.25, 0.3) is 0 Å². The van der Waals surface area contributed by atoms with Gasteiger partial charge in [-0.05, 0) is 52.9 Å². The van der Waals surface area contributed by atoms with E-state index in [1.807, 2.05) is 14.1 Å². The van der Waals surface area contributed by atoms with Gasteiger partial charge >= 0.3 is 0 Å². The van der Waals surface area contributed by atoms with E-state index in [0.29, 0.717) is 6.04 Å². The highest BCUT2D eigenvalue weighted by atomic mass is 14.8. The standard InChI is InChI=1S/C9H23N3/c1-11-7-3-5-9(10)6-4-8-12-2/h9,11-12H,3-8,10H2,1-2H3. The summed E-state index contributed by atoms with van der Waals surface area (Å²) >= 11 is 0. The molecular weight excluding hydrogens is 150 g/mol. The summed E-state index contributed by atoms with van der Waals surface area (Å²) in [5.74, 6) is 0. The van der Waals surface area contributed by atoms with Gasteiger partial charge in [-0.2, -0.15) is 0 Å². The molecule has 3 heteroatoms. The maximum atomic E-state index is 5.90. The van der Waals surface area contributed by atoms with Crippen LogP contribution in [0.4, 0.5) is 0 Å². The molecule has 0 aliphatic rings. The molecule has 4 N–H and O–H groups in total. The van der Waals surface area contributed by atoms with E-state index in [9.17, 15) is 0 Å². The van der Waals surface area contributed by atoms with Gasteiger partial charge in [0.15, 0.2) is 0 Å². The lowest BCUT2D eigenvalue weighted by atomic mass is 10.1. The second-order valence-electron chi connectivity index (χ2n) is 3.25. The highest BCUT2D eigenvalue weighted by molar-refractivity contribution is 4.62. The van der Waals surface area contributed by atoms with Crippen molar-refractivity contribution in [3.63, 3.8) is 0 Å². The fourth-order valence-corrected chi connectivity index (χ4v) is 1.23. The zero-order valence-electron chi connectivity index (χ0n) is 8.40. The first kappa shape index (κ1) is 11.9. The molecule has 0 amide bonds. The molecule has 12 heavy (non-hydrogen) atoms. The van der Waals surface area contributed by atoms with Crippen molar-refractivity contribution in [3.8, 4) is 0 Å². The fraction of sp³-hybridized carbons (Fsp3) is 1.00. The molecule has 0 saturated heterocycles. The summed E-state index contributed by atoms with van der Waals surface area (Å²) in [4.78, 5) is 0. The lowest BCUT2D eigenvalue weighted by Gasteiger charge is -2.10. The van der Waals surface area contributed by atoms with Gasteiger partial charge in [-0.15, -0.1) is 0 Å². The predicted molar refractivity (Wildman–Crippen MR) is 54.3 cm³/mol. The third kappa shape index (κ3) is 7.98. The minimum absolute atomic E-state index is 0.395. The molecule has 0 aliphatic carbocycles. The molecule has 3 nitrogen and oxygen atoms in total. The van der Waals surface area contributed by atoms with Crippen molar-refractivity contribution >= 4 is 0 Å². The van der Waals surface area contributed by atoms with Gasteiger partial charge in [0, 0.05) is 6.04 Å². The smallest absolute Gasteiger partial charge is 0.00397 e. The highest BCUT2D eigenvalue weighted by Crippen LogP contribution is 2.00. The van der Waals surface area contributed by atoms with E-state index in [-0.39, 0.29) is 0 Å². The maximum absolute atomic E-state index is 5.90. The number of rotatable bonds is 8. The van der Waals surface area contributed by atoms with Crippen LogP contribution in [0.15, 0.2) is 0 Å². The van der Waals surface area contributed by atoms with Crippen molar-refractivity contribution in [2.45, 2.75) is 31.7 Å². The Morgan fingerprint density at radius 1 is 1.00 bits per heavy atom. The van der Waals surface area contributed by atoms with E-state index >= 15 is 0 Å². The van der Waals surface area contributed by atoms with Crippen LogP contribution in [0.1, 0.15) is 25.7 Å².